The highest BCUT2D eigenvalue weighted by Gasteiger charge is 2.33. The van der Waals surface area contributed by atoms with Gasteiger partial charge in [-0.3, -0.25) is 4.90 Å². The Morgan fingerprint density at radius 1 is 1.10 bits per heavy atom. The molecule has 1 aliphatic heterocycles. The molecule has 0 radical (unpaired) electrons. The molecule has 118 valence electrons. The lowest BCUT2D eigenvalue weighted by atomic mass is 9.89. The van der Waals surface area contributed by atoms with Crippen molar-refractivity contribution < 1.29 is 4.74 Å². The third kappa shape index (κ3) is 4.44. The van der Waals surface area contributed by atoms with Gasteiger partial charge in [0.25, 0.3) is 0 Å². The van der Waals surface area contributed by atoms with Crippen LogP contribution in [0.15, 0.2) is 0 Å². The third-order valence-corrected chi connectivity index (χ3v) is 5.06. The minimum Gasteiger partial charge on any atom is -0.378 e. The molecule has 0 bridgehead atoms. The van der Waals surface area contributed by atoms with Gasteiger partial charge in [0, 0.05) is 24.7 Å². The fourth-order valence-corrected chi connectivity index (χ4v) is 3.89. The molecule has 0 aromatic carbocycles. The van der Waals surface area contributed by atoms with Gasteiger partial charge in [0.2, 0.25) is 0 Å². The molecule has 3 unspecified atom stereocenters. The maximum absolute atomic E-state index is 5.70. The predicted octanol–water partition coefficient (Wildman–Crippen LogP) is 3.19. The molecule has 2 rings (SSSR count). The molecule has 0 spiro atoms. The van der Waals surface area contributed by atoms with Gasteiger partial charge < -0.3 is 10.1 Å². The maximum Gasteiger partial charge on any atom is 0.0622 e. The van der Waals surface area contributed by atoms with Gasteiger partial charge in [0.05, 0.1) is 13.2 Å². The first-order valence-corrected chi connectivity index (χ1v) is 8.93. The summed E-state index contributed by atoms with van der Waals surface area (Å²) in [7, 11) is 0. The summed E-state index contributed by atoms with van der Waals surface area (Å²) in [6.45, 7) is 8.75. The molecule has 3 nitrogen and oxygen atoms in total. The Labute approximate surface area is 125 Å². The second-order valence-electron chi connectivity index (χ2n) is 6.49. The summed E-state index contributed by atoms with van der Waals surface area (Å²) in [5, 5.41) is 3.85. The van der Waals surface area contributed by atoms with Crippen molar-refractivity contribution in [1.82, 2.24) is 10.2 Å². The van der Waals surface area contributed by atoms with Crippen molar-refractivity contribution >= 4 is 0 Å². The molecule has 1 heterocycles. The van der Waals surface area contributed by atoms with Gasteiger partial charge >= 0.3 is 0 Å². The smallest absolute Gasteiger partial charge is 0.0622 e. The van der Waals surface area contributed by atoms with Crippen LogP contribution in [0.4, 0.5) is 0 Å². The van der Waals surface area contributed by atoms with E-state index in [2.05, 4.69) is 24.1 Å². The molecular formula is C17H34N2O. The molecule has 1 saturated heterocycles. The Bertz CT molecular complexity index is 257. The van der Waals surface area contributed by atoms with Crippen LogP contribution >= 0.6 is 0 Å². The number of nitrogens with one attached hydrogen (secondary N) is 1. The number of hydrogen-bond donors (Lipinski definition) is 1. The summed E-state index contributed by atoms with van der Waals surface area (Å²) in [6, 6.07) is 2.07. The van der Waals surface area contributed by atoms with Crippen LogP contribution in [-0.2, 0) is 4.74 Å². The summed E-state index contributed by atoms with van der Waals surface area (Å²) < 4.78 is 5.70. The average molecular weight is 282 g/mol. The fraction of sp³-hybridized carbons (Fsp3) is 1.00. The van der Waals surface area contributed by atoms with E-state index in [1.54, 1.807) is 0 Å². The molecule has 1 saturated carbocycles. The van der Waals surface area contributed by atoms with Crippen molar-refractivity contribution in [2.24, 2.45) is 0 Å². The van der Waals surface area contributed by atoms with Crippen LogP contribution < -0.4 is 5.32 Å². The number of hydrogen-bond acceptors (Lipinski definition) is 3. The Hall–Kier alpha value is -0.120. The van der Waals surface area contributed by atoms with E-state index in [-0.39, 0.29) is 0 Å². The van der Waals surface area contributed by atoms with Crippen LogP contribution in [0, 0.1) is 0 Å². The fourth-order valence-electron chi connectivity index (χ4n) is 3.89. The summed E-state index contributed by atoms with van der Waals surface area (Å²) >= 11 is 0. The van der Waals surface area contributed by atoms with Gasteiger partial charge in [-0.05, 0) is 32.2 Å². The van der Waals surface area contributed by atoms with Crippen molar-refractivity contribution in [3.05, 3.63) is 0 Å². The van der Waals surface area contributed by atoms with Gasteiger partial charge in [0.15, 0.2) is 0 Å². The predicted molar refractivity (Wildman–Crippen MR) is 85.2 cm³/mol. The minimum absolute atomic E-state index is 0.638. The van der Waals surface area contributed by atoms with E-state index in [1.165, 1.54) is 57.9 Å². The van der Waals surface area contributed by atoms with Gasteiger partial charge in [-0.1, -0.05) is 39.5 Å². The van der Waals surface area contributed by atoms with Crippen molar-refractivity contribution in [2.75, 3.05) is 26.3 Å². The molecule has 0 amide bonds. The normalized spacial score (nSPS) is 33.6. The van der Waals surface area contributed by atoms with Crippen LogP contribution in [0.3, 0.4) is 0 Å². The van der Waals surface area contributed by atoms with Gasteiger partial charge in [-0.25, -0.2) is 0 Å². The molecule has 0 aromatic rings. The SMILES string of the molecule is CCCNC1CCCCCCC1N1CCOCC1CC. The zero-order chi connectivity index (χ0) is 14.2. The Balaban J connectivity index is 2.03. The van der Waals surface area contributed by atoms with Crippen molar-refractivity contribution in [3.8, 4) is 0 Å². The molecule has 3 atom stereocenters. The summed E-state index contributed by atoms with van der Waals surface area (Å²) in [5.41, 5.74) is 0. The molecular weight excluding hydrogens is 248 g/mol. The van der Waals surface area contributed by atoms with Crippen LogP contribution in [0.2, 0.25) is 0 Å². The summed E-state index contributed by atoms with van der Waals surface area (Å²) in [6.07, 6.45) is 10.9. The first-order valence-electron chi connectivity index (χ1n) is 8.93. The topological polar surface area (TPSA) is 24.5 Å². The van der Waals surface area contributed by atoms with Crippen molar-refractivity contribution in [1.29, 1.82) is 0 Å². The van der Waals surface area contributed by atoms with Gasteiger partial charge in [-0.2, -0.15) is 0 Å². The molecule has 2 aliphatic rings. The largest absolute Gasteiger partial charge is 0.378 e. The van der Waals surface area contributed by atoms with Crippen LogP contribution in [-0.4, -0.2) is 49.3 Å². The summed E-state index contributed by atoms with van der Waals surface area (Å²) in [5.74, 6) is 0. The highest BCUT2D eigenvalue weighted by Crippen LogP contribution is 2.26. The number of morpholine rings is 1. The van der Waals surface area contributed by atoms with Gasteiger partial charge in [-0.15, -0.1) is 0 Å². The molecule has 2 fully saturated rings. The monoisotopic (exact) mass is 282 g/mol. The Morgan fingerprint density at radius 3 is 2.65 bits per heavy atom. The zero-order valence-corrected chi connectivity index (χ0v) is 13.6. The van der Waals surface area contributed by atoms with Crippen molar-refractivity contribution in [3.63, 3.8) is 0 Å². The van der Waals surface area contributed by atoms with Crippen LogP contribution in [0.1, 0.15) is 65.2 Å². The standard InChI is InChI=1S/C17H34N2O/c1-3-11-18-16-9-7-5-6-8-10-17(16)19-12-13-20-14-15(19)4-2/h15-18H,3-14H2,1-2H3. The van der Waals surface area contributed by atoms with Crippen LogP contribution in [0.25, 0.3) is 0 Å². The molecule has 1 aliphatic carbocycles. The summed E-state index contributed by atoms with van der Waals surface area (Å²) in [4.78, 5) is 2.78. The number of rotatable bonds is 5. The minimum atomic E-state index is 0.638. The van der Waals surface area contributed by atoms with E-state index in [0.29, 0.717) is 12.1 Å². The van der Waals surface area contributed by atoms with E-state index in [0.717, 1.165) is 25.8 Å². The quantitative estimate of drug-likeness (QED) is 0.838. The zero-order valence-electron chi connectivity index (χ0n) is 13.6. The maximum atomic E-state index is 5.70. The highest BCUT2D eigenvalue weighted by atomic mass is 16.5. The van der Waals surface area contributed by atoms with E-state index >= 15 is 0 Å². The Kier molecular flexibility index (Phi) is 7.32. The lowest BCUT2D eigenvalue weighted by Gasteiger charge is -2.45. The molecule has 3 heteroatoms. The highest BCUT2D eigenvalue weighted by molar-refractivity contribution is 4.90. The number of nitrogens with zero attached hydrogens (tertiary/aromatic N) is 1. The molecule has 0 aromatic heterocycles. The second-order valence-corrected chi connectivity index (χ2v) is 6.49. The first kappa shape index (κ1) is 16.3. The van der Waals surface area contributed by atoms with E-state index in [4.69, 9.17) is 4.74 Å². The Morgan fingerprint density at radius 2 is 1.90 bits per heavy atom. The van der Waals surface area contributed by atoms with Crippen LogP contribution in [0.5, 0.6) is 0 Å². The molecule has 1 N–H and O–H groups in total. The molecule has 20 heavy (non-hydrogen) atoms. The van der Waals surface area contributed by atoms with Gasteiger partial charge in [0.1, 0.15) is 0 Å². The number of ether oxygens (including phenoxy) is 1. The van der Waals surface area contributed by atoms with E-state index in [1.807, 2.05) is 0 Å². The first-order chi connectivity index (χ1) is 9.86. The second kappa shape index (κ2) is 9.01. The third-order valence-electron chi connectivity index (χ3n) is 5.06. The lowest BCUT2D eigenvalue weighted by molar-refractivity contribution is -0.0415. The lowest BCUT2D eigenvalue weighted by Crippen LogP contribution is -2.57. The van der Waals surface area contributed by atoms with E-state index in [9.17, 15) is 0 Å². The van der Waals surface area contributed by atoms with Crippen molar-refractivity contribution in [2.45, 2.75) is 83.3 Å². The average Bonchev–Trinajstić information content (AvgIpc) is 2.46. The van der Waals surface area contributed by atoms with E-state index < -0.39 is 0 Å².